The summed E-state index contributed by atoms with van der Waals surface area (Å²) in [5, 5.41) is 11.7. The smallest absolute Gasteiger partial charge is 0.226 e. The molecule has 0 saturated carbocycles. The fourth-order valence-corrected chi connectivity index (χ4v) is 4.94. The van der Waals surface area contributed by atoms with Crippen LogP contribution in [0.3, 0.4) is 0 Å². The summed E-state index contributed by atoms with van der Waals surface area (Å²) in [6.07, 6.45) is 1.16. The summed E-state index contributed by atoms with van der Waals surface area (Å²) >= 11 is 3.09. The zero-order valence-corrected chi connectivity index (χ0v) is 17.4. The van der Waals surface area contributed by atoms with Gasteiger partial charge in [-0.05, 0) is 49.4 Å². The van der Waals surface area contributed by atoms with Gasteiger partial charge < -0.3 is 5.32 Å². The van der Waals surface area contributed by atoms with Crippen LogP contribution in [0.4, 0.5) is 5.13 Å². The summed E-state index contributed by atoms with van der Waals surface area (Å²) in [5.41, 5.74) is 6.40. The molecule has 0 atom stereocenters. The summed E-state index contributed by atoms with van der Waals surface area (Å²) < 4.78 is 0.868. The summed E-state index contributed by atoms with van der Waals surface area (Å²) in [5.74, 6) is 0.825. The number of benzene rings is 2. The molecule has 1 N–H and O–H groups in total. The van der Waals surface area contributed by atoms with Gasteiger partial charge in [-0.15, -0.1) is 10.2 Å². The summed E-state index contributed by atoms with van der Waals surface area (Å²) in [7, 11) is 0. The molecule has 4 nitrogen and oxygen atoms in total. The molecular formula is C21H23N3OS2. The second-order valence-electron chi connectivity index (χ2n) is 6.57. The van der Waals surface area contributed by atoms with Crippen LogP contribution < -0.4 is 5.32 Å². The largest absolute Gasteiger partial charge is 0.300 e. The van der Waals surface area contributed by atoms with Crippen molar-refractivity contribution in [2.75, 3.05) is 5.32 Å². The number of carbonyl (C=O) groups excluding carboxylic acids is 1. The first-order valence-corrected chi connectivity index (χ1v) is 10.7. The zero-order chi connectivity index (χ0) is 19.2. The van der Waals surface area contributed by atoms with Crippen LogP contribution in [-0.2, 0) is 17.0 Å². The molecular weight excluding hydrogens is 374 g/mol. The topological polar surface area (TPSA) is 54.9 Å². The van der Waals surface area contributed by atoms with Gasteiger partial charge in [0.15, 0.2) is 4.34 Å². The maximum absolute atomic E-state index is 12.1. The van der Waals surface area contributed by atoms with Gasteiger partial charge in [0.25, 0.3) is 0 Å². The van der Waals surface area contributed by atoms with E-state index in [1.807, 2.05) is 30.3 Å². The third kappa shape index (κ3) is 5.65. The average Bonchev–Trinajstić information content (AvgIpc) is 3.07. The fraction of sp³-hybridized carbons (Fsp3) is 0.286. The maximum Gasteiger partial charge on any atom is 0.226 e. The number of anilines is 1. The highest BCUT2D eigenvalue weighted by molar-refractivity contribution is 8.00. The van der Waals surface area contributed by atoms with Crippen LogP contribution in [0.1, 0.15) is 34.2 Å². The number of hydrogen-bond acceptors (Lipinski definition) is 5. The van der Waals surface area contributed by atoms with E-state index in [1.54, 1.807) is 11.8 Å². The Morgan fingerprint density at radius 1 is 1.07 bits per heavy atom. The second-order valence-corrected chi connectivity index (χ2v) is 8.77. The van der Waals surface area contributed by atoms with Crippen molar-refractivity contribution in [3.8, 4) is 0 Å². The number of aromatic nitrogens is 2. The van der Waals surface area contributed by atoms with E-state index in [0.29, 0.717) is 11.6 Å². The number of nitrogens with zero attached hydrogens (tertiary/aromatic N) is 2. The monoisotopic (exact) mass is 397 g/mol. The molecule has 0 aliphatic heterocycles. The van der Waals surface area contributed by atoms with E-state index < -0.39 is 0 Å². The molecule has 2 aromatic carbocycles. The van der Waals surface area contributed by atoms with E-state index in [2.05, 4.69) is 48.4 Å². The molecule has 0 aliphatic rings. The number of nitrogens with one attached hydrogen (secondary N) is 1. The van der Waals surface area contributed by atoms with Gasteiger partial charge in [-0.3, -0.25) is 4.79 Å². The van der Waals surface area contributed by atoms with Gasteiger partial charge in [0.1, 0.15) is 0 Å². The number of carbonyl (C=O) groups is 1. The summed E-state index contributed by atoms with van der Waals surface area (Å²) in [6, 6.07) is 14.4. The lowest BCUT2D eigenvalue weighted by atomic mass is 10.0. The molecule has 27 heavy (non-hydrogen) atoms. The molecule has 6 heteroatoms. The molecule has 0 saturated heterocycles. The minimum Gasteiger partial charge on any atom is -0.300 e. The van der Waals surface area contributed by atoms with Crippen molar-refractivity contribution in [3.05, 3.63) is 70.3 Å². The highest BCUT2D eigenvalue weighted by Crippen LogP contribution is 2.30. The van der Waals surface area contributed by atoms with Crippen LogP contribution >= 0.6 is 23.1 Å². The average molecular weight is 398 g/mol. The Morgan fingerprint density at radius 2 is 1.78 bits per heavy atom. The van der Waals surface area contributed by atoms with E-state index in [1.165, 1.54) is 33.6 Å². The standard InChI is InChI=1S/C21H23N3OS2/c1-14-11-15(2)18(16(3)12-14)13-26-21-24-23-20(27-21)22-19(25)10-9-17-7-5-4-6-8-17/h4-8,11-12H,9-10,13H2,1-3H3,(H,22,23,25). The first kappa shape index (κ1) is 19.6. The van der Waals surface area contributed by atoms with Crippen LogP contribution in [-0.4, -0.2) is 16.1 Å². The van der Waals surface area contributed by atoms with E-state index in [-0.39, 0.29) is 5.91 Å². The van der Waals surface area contributed by atoms with Gasteiger partial charge in [0.2, 0.25) is 11.0 Å². The minimum absolute atomic E-state index is 0.0308. The summed E-state index contributed by atoms with van der Waals surface area (Å²) in [4.78, 5) is 12.1. The predicted octanol–water partition coefficient (Wildman–Crippen LogP) is 5.33. The van der Waals surface area contributed by atoms with E-state index in [4.69, 9.17) is 0 Å². The number of thioether (sulfide) groups is 1. The lowest BCUT2D eigenvalue weighted by Gasteiger charge is -2.09. The quantitative estimate of drug-likeness (QED) is 0.433. The molecule has 0 radical (unpaired) electrons. The lowest BCUT2D eigenvalue weighted by Crippen LogP contribution is -2.12. The van der Waals surface area contributed by atoms with Crippen molar-refractivity contribution in [1.29, 1.82) is 0 Å². The first-order chi connectivity index (χ1) is 13.0. The first-order valence-electron chi connectivity index (χ1n) is 8.88. The number of rotatable bonds is 7. The van der Waals surface area contributed by atoms with Crippen LogP contribution in [0, 0.1) is 20.8 Å². The Labute approximate surface area is 168 Å². The van der Waals surface area contributed by atoms with Crippen LogP contribution in [0.15, 0.2) is 46.8 Å². The van der Waals surface area contributed by atoms with Crippen molar-refractivity contribution in [3.63, 3.8) is 0 Å². The van der Waals surface area contributed by atoms with Gasteiger partial charge in [-0.25, -0.2) is 0 Å². The van der Waals surface area contributed by atoms with E-state index >= 15 is 0 Å². The second kappa shape index (κ2) is 9.15. The van der Waals surface area contributed by atoms with Crippen molar-refractivity contribution in [1.82, 2.24) is 10.2 Å². The Kier molecular flexibility index (Phi) is 6.63. The summed E-state index contributed by atoms with van der Waals surface area (Å²) in [6.45, 7) is 6.41. The van der Waals surface area contributed by atoms with Gasteiger partial charge in [0.05, 0.1) is 0 Å². The highest BCUT2D eigenvalue weighted by Gasteiger charge is 2.11. The molecule has 0 fully saturated rings. The zero-order valence-electron chi connectivity index (χ0n) is 15.8. The van der Waals surface area contributed by atoms with Crippen molar-refractivity contribution in [2.45, 2.75) is 43.7 Å². The molecule has 1 heterocycles. The predicted molar refractivity (Wildman–Crippen MR) is 114 cm³/mol. The van der Waals surface area contributed by atoms with Gasteiger partial charge in [0, 0.05) is 12.2 Å². The highest BCUT2D eigenvalue weighted by atomic mass is 32.2. The normalized spacial score (nSPS) is 10.8. The fourth-order valence-electron chi connectivity index (χ4n) is 2.97. The van der Waals surface area contributed by atoms with E-state index in [9.17, 15) is 4.79 Å². The van der Waals surface area contributed by atoms with Crippen LogP contribution in [0.2, 0.25) is 0 Å². The van der Waals surface area contributed by atoms with E-state index in [0.717, 1.165) is 22.1 Å². The molecule has 1 amide bonds. The van der Waals surface area contributed by atoms with Crippen LogP contribution in [0.5, 0.6) is 0 Å². The van der Waals surface area contributed by atoms with Gasteiger partial charge in [-0.1, -0.05) is 71.1 Å². The number of hydrogen-bond donors (Lipinski definition) is 1. The lowest BCUT2D eigenvalue weighted by molar-refractivity contribution is -0.116. The van der Waals surface area contributed by atoms with Crippen molar-refractivity contribution < 1.29 is 4.79 Å². The minimum atomic E-state index is -0.0308. The Bertz CT molecular complexity index is 899. The Hall–Kier alpha value is -2.18. The Morgan fingerprint density at radius 3 is 2.48 bits per heavy atom. The molecule has 3 rings (SSSR count). The van der Waals surface area contributed by atoms with Gasteiger partial charge in [-0.2, -0.15) is 0 Å². The van der Waals surface area contributed by atoms with Crippen molar-refractivity contribution >= 4 is 34.1 Å². The third-order valence-electron chi connectivity index (χ3n) is 4.32. The number of aryl methyl sites for hydroxylation is 4. The SMILES string of the molecule is Cc1cc(C)c(CSc2nnc(NC(=O)CCc3ccccc3)s2)c(C)c1. The molecule has 0 unspecified atom stereocenters. The number of amides is 1. The third-order valence-corrected chi connectivity index (χ3v) is 6.32. The molecule has 3 aromatic rings. The maximum atomic E-state index is 12.1. The van der Waals surface area contributed by atoms with Crippen LogP contribution in [0.25, 0.3) is 0 Å². The Balaban J connectivity index is 1.52. The molecule has 140 valence electrons. The molecule has 1 aromatic heterocycles. The molecule has 0 spiro atoms. The molecule has 0 bridgehead atoms. The molecule has 0 aliphatic carbocycles. The van der Waals surface area contributed by atoms with Gasteiger partial charge >= 0.3 is 0 Å². The van der Waals surface area contributed by atoms with Crippen molar-refractivity contribution in [2.24, 2.45) is 0 Å².